The van der Waals surface area contributed by atoms with E-state index in [0.29, 0.717) is 43.3 Å². The van der Waals surface area contributed by atoms with Gasteiger partial charge in [0.15, 0.2) is 0 Å². The van der Waals surface area contributed by atoms with E-state index in [-0.39, 0.29) is 30.2 Å². The normalized spacial score (nSPS) is 14.4. The minimum atomic E-state index is -0.304. The number of piperidine rings is 1. The highest BCUT2D eigenvalue weighted by molar-refractivity contribution is 7.13. The summed E-state index contributed by atoms with van der Waals surface area (Å²) in [6.07, 6.45) is 1.16. The summed E-state index contributed by atoms with van der Waals surface area (Å²) < 4.78 is 5.05. The van der Waals surface area contributed by atoms with Gasteiger partial charge in [0, 0.05) is 36.1 Å². The van der Waals surface area contributed by atoms with Crippen LogP contribution in [0.25, 0.3) is 10.6 Å². The molecule has 7 nitrogen and oxygen atoms in total. The van der Waals surface area contributed by atoms with Gasteiger partial charge in [-0.1, -0.05) is 23.7 Å². The van der Waals surface area contributed by atoms with Crippen LogP contribution >= 0.6 is 22.9 Å². The molecule has 9 heteroatoms. The lowest BCUT2D eigenvalue weighted by Crippen LogP contribution is -2.45. The molecule has 1 aromatic carbocycles. The average molecular weight is 450 g/mol. The number of aromatic nitrogens is 1. The molecule has 1 fully saturated rings. The highest BCUT2D eigenvalue weighted by atomic mass is 35.5. The molecule has 2 heterocycles. The van der Waals surface area contributed by atoms with Crippen LogP contribution in [-0.4, -0.2) is 65.9 Å². The van der Waals surface area contributed by atoms with Gasteiger partial charge in [0.2, 0.25) is 5.91 Å². The van der Waals surface area contributed by atoms with Crippen LogP contribution in [0.1, 0.15) is 30.3 Å². The van der Waals surface area contributed by atoms with Crippen molar-refractivity contribution >= 4 is 40.7 Å². The first kappa shape index (κ1) is 22.2. The Morgan fingerprint density at radius 2 is 1.90 bits per heavy atom. The number of likely N-dealkylation sites (tertiary alicyclic amines) is 1. The highest BCUT2D eigenvalue weighted by Crippen LogP contribution is 2.25. The largest absolute Gasteiger partial charge is 0.466 e. The van der Waals surface area contributed by atoms with Crippen molar-refractivity contribution in [1.29, 1.82) is 0 Å². The van der Waals surface area contributed by atoms with Crippen molar-refractivity contribution in [2.45, 2.75) is 19.8 Å². The molecule has 0 bridgehead atoms. The monoisotopic (exact) mass is 449 g/mol. The van der Waals surface area contributed by atoms with E-state index in [1.807, 2.05) is 12.1 Å². The van der Waals surface area contributed by atoms with Crippen molar-refractivity contribution in [3.63, 3.8) is 0 Å². The molecule has 3 rings (SSSR count). The molecule has 0 saturated carbocycles. The number of halogens is 1. The minimum absolute atomic E-state index is 0.0310. The summed E-state index contributed by atoms with van der Waals surface area (Å²) in [5.41, 5.74) is 1.19. The van der Waals surface area contributed by atoms with Gasteiger partial charge in [0.25, 0.3) is 5.91 Å². The van der Waals surface area contributed by atoms with E-state index in [1.54, 1.807) is 36.4 Å². The second kappa shape index (κ2) is 10.0. The van der Waals surface area contributed by atoms with Crippen molar-refractivity contribution in [3.8, 4) is 10.6 Å². The van der Waals surface area contributed by atoms with Crippen molar-refractivity contribution in [3.05, 3.63) is 40.4 Å². The molecule has 1 aliphatic rings. The number of ether oxygens (including phenoxy) is 1. The number of rotatable bonds is 6. The fourth-order valence-electron chi connectivity index (χ4n) is 3.29. The molecule has 0 N–H and O–H groups in total. The summed E-state index contributed by atoms with van der Waals surface area (Å²) >= 11 is 7.28. The van der Waals surface area contributed by atoms with E-state index < -0.39 is 0 Å². The van der Waals surface area contributed by atoms with Crippen LogP contribution in [0.15, 0.2) is 29.6 Å². The maximum atomic E-state index is 12.7. The second-order valence-corrected chi connectivity index (χ2v) is 8.41. The topological polar surface area (TPSA) is 79.8 Å². The molecule has 1 aromatic heterocycles. The van der Waals surface area contributed by atoms with Crippen LogP contribution in [0.2, 0.25) is 5.02 Å². The quantitative estimate of drug-likeness (QED) is 0.632. The van der Waals surface area contributed by atoms with Gasteiger partial charge in [-0.3, -0.25) is 14.4 Å². The molecule has 1 aliphatic heterocycles. The summed E-state index contributed by atoms with van der Waals surface area (Å²) in [4.78, 5) is 44.6. The van der Waals surface area contributed by atoms with Gasteiger partial charge in [-0.15, -0.1) is 11.3 Å². The van der Waals surface area contributed by atoms with Gasteiger partial charge in [-0.25, -0.2) is 4.98 Å². The number of amides is 2. The van der Waals surface area contributed by atoms with Crippen molar-refractivity contribution in [2.75, 3.05) is 33.3 Å². The zero-order valence-electron chi connectivity index (χ0n) is 17.0. The summed E-state index contributed by atoms with van der Waals surface area (Å²) in [5.74, 6) is -0.797. The van der Waals surface area contributed by atoms with Gasteiger partial charge in [0.1, 0.15) is 10.7 Å². The van der Waals surface area contributed by atoms with Crippen molar-refractivity contribution in [2.24, 2.45) is 5.92 Å². The maximum absolute atomic E-state index is 12.7. The number of thiazole rings is 1. The number of hydrogen-bond donors (Lipinski definition) is 0. The Morgan fingerprint density at radius 3 is 2.53 bits per heavy atom. The first-order valence-electron chi connectivity index (χ1n) is 9.80. The third-order valence-electron chi connectivity index (χ3n) is 5.00. The Labute approximate surface area is 184 Å². The molecular formula is C21H24ClN3O4S. The fraction of sp³-hybridized carbons (Fsp3) is 0.429. The zero-order chi connectivity index (χ0) is 21.7. The van der Waals surface area contributed by atoms with Gasteiger partial charge in [-0.05, 0) is 31.9 Å². The van der Waals surface area contributed by atoms with Crippen molar-refractivity contribution in [1.82, 2.24) is 14.8 Å². The molecule has 2 amide bonds. The molecular weight excluding hydrogens is 426 g/mol. The molecule has 160 valence electrons. The predicted octanol–water partition coefficient (Wildman–Crippen LogP) is 3.34. The predicted molar refractivity (Wildman–Crippen MR) is 115 cm³/mol. The van der Waals surface area contributed by atoms with Gasteiger partial charge < -0.3 is 14.5 Å². The fourth-order valence-corrected chi connectivity index (χ4v) is 4.22. The van der Waals surface area contributed by atoms with Crippen LogP contribution < -0.4 is 0 Å². The Morgan fingerprint density at radius 1 is 1.23 bits per heavy atom. The van der Waals surface area contributed by atoms with E-state index in [1.165, 1.54) is 16.2 Å². The van der Waals surface area contributed by atoms with E-state index >= 15 is 0 Å². The molecule has 0 atom stereocenters. The highest BCUT2D eigenvalue weighted by Gasteiger charge is 2.29. The van der Waals surface area contributed by atoms with Gasteiger partial charge in [-0.2, -0.15) is 0 Å². The zero-order valence-corrected chi connectivity index (χ0v) is 18.5. The number of likely N-dealkylation sites (N-methyl/N-ethyl adjacent to an activating group) is 1. The molecule has 0 aliphatic carbocycles. The number of carbonyl (C=O) groups is 3. The summed E-state index contributed by atoms with van der Waals surface area (Å²) in [6, 6.07) is 7.25. The smallest absolute Gasteiger partial charge is 0.309 e. The van der Waals surface area contributed by atoms with E-state index in [0.717, 1.165) is 10.6 Å². The summed E-state index contributed by atoms with van der Waals surface area (Å²) in [7, 11) is 1.59. The van der Waals surface area contributed by atoms with Crippen LogP contribution in [0.3, 0.4) is 0 Å². The van der Waals surface area contributed by atoms with Crippen LogP contribution in [0.4, 0.5) is 0 Å². The van der Waals surface area contributed by atoms with Crippen LogP contribution in [0.5, 0.6) is 0 Å². The number of benzene rings is 1. The number of esters is 1. The third-order valence-corrected chi connectivity index (χ3v) is 6.14. The molecule has 0 unspecified atom stereocenters. The number of hydrogen-bond acceptors (Lipinski definition) is 6. The molecule has 0 radical (unpaired) electrons. The second-order valence-electron chi connectivity index (χ2n) is 7.11. The van der Waals surface area contributed by atoms with E-state index in [9.17, 15) is 14.4 Å². The number of carbonyl (C=O) groups excluding carboxylic acids is 3. The third kappa shape index (κ3) is 5.37. The van der Waals surface area contributed by atoms with Crippen LogP contribution in [-0.2, 0) is 14.3 Å². The molecule has 30 heavy (non-hydrogen) atoms. The molecule has 0 spiro atoms. The SMILES string of the molecule is CCOC(=O)C1CCN(C(=O)CN(C)C(=O)c2csc(-c3ccc(Cl)cc3)n2)CC1. The first-order chi connectivity index (χ1) is 14.4. The average Bonchev–Trinajstić information content (AvgIpc) is 3.24. The Kier molecular flexibility index (Phi) is 7.44. The first-order valence-corrected chi connectivity index (χ1v) is 11.1. The summed E-state index contributed by atoms with van der Waals surface area (Å²) in [6.45, 7) is 3.09. The molecule has 1 saturated heterocycles. The standard InChI is InChI=1S/C21H24ClN3O4S/c1-3-29-21(28)15-8-10-25(11-9-15)18(26)12-24(2)20(27)17-13-30-19(23-17)14-4-6-16(22)7-5-14/h4-7,13,15H,3,8-12H2,1-2H3. The summed E-state index contributed by atoms with van der Waals surface area (Å²) in [5, 5.41) is 3.05. The Hall–Kier alpha value is -2.45. The lowest BCUT2D eigenvalue weighted by Gasteiger charge is -2.32. The maximum Gasteiger partial charge on any atom is 0.309 e. The van der Waals surface area contributed by atoms with E-state index in [2.05, 4.69) is 4.98 Å². The van der Waals surface area contributed by atoms with Gasteiger partial charge in [0.05, 0.1) is 19.1 Å². The van der Waals surface area contributed by atoms with Gasteiger partial charge >= 0.3 is 5.97 Å². The van der Waals surface area contributed by atoms with Crippen molar-refractivity contribution < 1.29 is 19.1 Å². The van der Waals surface area contributed by atoms with E-state index in [4.69, 9.17) is 16.3 Å². The Bertz CT molecular complexity index is 907. The lowest BCUT2D eigenvalue weighted by molar-refractivity contribution is -0.151. The number of nitrogens with zero attached hydrogens (tertiary/aromatic N) is 3. The lowest BCUT2D eigenvalue weighted by atomic mass is 9.97. The molecule has 2 aromatic rings. The van der Waals surface area contributed by atoms with Crippen LogP contribution in [0, 0.1) is 5.92 Å². The Balaban J connectivity index is 1.54. The minimum Gasteiger partial charge on any atom is -0.466 e.